The molecule has 2 rings (SSSR count). The van der Waals surface area contributed by atoms with Gasteiger partial charge in [0.1, 0.15) is 12.4 Å². The zero-order chi connectivity index (χ0) is 15.9. The molecule has 22 heavy (non-hydrogen) atoms. The number of aryl methyl sites for hydroxylation is 2. The van der Waals surface area contributed by atoms with Gasteiger partial charge in [0.25, 0.3) is 0 Å². The van der Waals surface area contributed by atoms with E-state index in [4.69, 9.17) is 4.74 Å². The van der Waals surface area contributed by atoms with Gasteiger partial charge in [0, 0.05) is 0 Å². The fourth-order valence-electron chi connectivity index (χ4n) is 2.11. The summed E-state index contributed by atoms with van der Waals surface area (Å²) in [5.74, 6) is 0.842. The number of hydrogen-bond acceptors (Lipinski definition) is 2. The van der Waals surface area contributed by atoms with Crippen LogP contribution in [0, 0.1) is 13.8 Å². The predicted molar refractivity (Wildman–Crippen MR) is 89.2 cm³/mol. The molecule has 0 radical (unpaired) electrons. The molecule has 0 unspecified atom stereocenters. The van der Waals surface area contributed by atoms with E-state index in [1.165, 1.54) is 11.1 Å². The minimum absolute atomic E-state index is 0.0175. The Bertz CT molecular complexity index is 602. The van der Waals surface area contributed by atoms with Gasteiger partial charge >= 0.3 is 0 Å². The summed E-state index contributed by atoms with van der Waals surface area (Å²) in [5.41, 5.74) is 3.42. The first-order valence-corrected chi connectivity index (χ1v) is 7.57. The largest absolute Gasteiger partial charge is 0.491 e. The summed E-state index contributed by atoms with van der Waals surface area (Å²) >= 11 is 0. The van der Waals surface area contributed by atoms with E-state index < -0.39 is 0 Å². The number of carbonyl (C=O) groups excluding carboxylic acids is 1. The van der Waals surface area contributed by atoms with Gasteiger partial charge in [-0.25, -0.2) is 0 Å². The number of amides is 1. The second-order valence-corrected chi connectivity index (χ2v) is 5.75. The van der Waals surface area contributed by atoms with Gasteiger partial charge in [-0.05, 0) is 38.5 Å². The Morgan fingerprint density at radius 2 is 1.55 bits per heavy atom. The molecule has 2 aromatic carbocycles. The molecule has 0 bridgehead atoms. The van der Waals surface area contributed by atoms with Crippen molar-refractivity contribution in [2.45, 2.75) is 33.2 Å². The SMILES string of the molecule is Cc1ccc(CC(=O)N[C@H](C)COc2ccc(C)cc2)cc1. The molecule has 116 valence electrons. The van der Waals surface area contributed by atoms with Crippen LogP contribution in [0.4, 0.5) is 0 Å². The van der Waals surface area contributed by atoms with Crippen molar-refractivity contribution in [3.8, 4) is 5.75 Å². The quantitative estimate of drug-likeness (QED) is 0.887. The summed E-state index contributed by atoms with van der Waals surface area (Å²) in [7, 11) is 0. The molecular weight excluding hydrogens is 274 g/mol. The Morgan fingerprint density at radius 3 is 2.14 bits per heavy atom. The smallest absolute Gasteiger partial charge is 0.224 e. The summed E-state index contributed by atoms with van der Waals surface area (Å²) in [6, 6.07) is 15.9. The lowest BCUT2D eigenvalue weighted by atomic mass is 10.1. The van der Waals surface area contributed by atoms with Crippen LogP contribution in [0.3, 0.4) is 0 Å². The molecule has 0 aliphatic rings. The monoisotopic (exact) mass is 297 g/mol. The van der Waals surface area contributed by atoms with E-state index in [2.05, 4.69) is 5.32 Å². The molecule has 1 amide bonds. The molecule has 3 nitrogen and oxygen atoms in total. The molecule has 0 aromatic heterocycles. The third kappa shape index (κ3) is 5.24. The molecule has 0 saturated carbocycles. The van der Waals surface area contributed by atoms with Crippen LogP contribution < -0.4 is 10.1 Å². The van der Waals surface area contributed by atoms with E-state index in [9.17, 15) is 4.79 Å². The minimum Gasteiger partial charge on any atom is -0.491 e. The molecule has 0 spiro atoms. The third-order valence-corrected chi connectivity index (χ3v) is 3.41. The van der Waals surface area contributed by atoms with Crippen LogP contribution in [0.1, 0.15) is 23.6 Å². The normalized spacial score (nSPS) is 11.8. The van der Waals surface area contributed by atoms with E-state index in [1.54, 1.807) is 0 Å². The van der Waals surface area contributed by atoms with Crippen molar-refractivity contribution in [1.29, 1.82) is 0 Å². The summed E-state index contributed by atoms with van der Waals surface area (Å²) in [4.78, 5) is 12.0. The number of benzene rings is 2. The van der Waals surface area contributed by atoms with Crippen molar-refractivity contribution in [3.63, 3.8) is 0 Å². The van der Waals surface area contributed by atoms with Crippen LogP contribution in [0.2, 0.25) is 0 Å². The maximum atomic E-state index is 12.0. The fraction of sp³-hybridized carbons (Fsp3) is 0.316. The first-order valence-electron chi connectivity index (χ1n) is 7.57. The summed E-state index contributed by atoms with van der Waals surface area (Å²) in [5, 5.41) is 2.96. The van der Waals surface area contributed by atoms with E-state index >= 15 is 0 Å². The summed E-state index contributed by atoms with van der Waals surface area (Å²) in [6.45, 7) is 6.48. The van der Waals surface area contributed by atoms with Gasteiger partial charge in [-0.2, -0.15) is 0 Å². The fourth-order valence-corrected chi connectivity index (χ4v) is 2.11. The van der Waals surface area contributed by atoms with Gasteiger partial charge in [0.05, 0.1) is 12.5 Å². The van der Waals surface area contributed by atoms with Crippen molar-refractivity contribution in [2.75, 3.05) is 6.61 Å². The second kappa shape index (κ2) is 7.64. The molecule has 0 saturated heterocycles. The van der Waals surface area contributed by atoms with Crippen molar-refractivity contribution in [3.05, 3.63) is 65.2 Å². The number of hydrogen-bond donors (Lipinski definition) is 1. The number of carbonyl (C=O) groups is 1. The first-order chi connectivity index (χ1) is 10.5. The van der Waals surface area contributed by atoms with Crippen molar-refractivity contribution >= 4 is 5.91 Å². The highest BCUT2D eigenvalue weighted by atomic mass is 16.5. The molecular formula is C19H23NO2. The number of nitrogens with one attached hydrogen (secondary N) is 1. The predicted octanol–water partition coefficient (Wildman–Crippen LogP) is 3.43. The van der Waals surface area contributed by atoms with E-state index in [0.717, 1.165) is 11.3 Å². The zero-order valence-corrected chi connectivity index (χ0v) is 13.4. The third-order valence-electron chi connectivity index (χ3n) is 3.41. The Morgan fingerprint density at radius 1 is 1.00 bits per heavy atom. The van der Waals surface area contributed by atoms with Crippen molar-refractivity contribution in [2.24, 2.45) is 0 Å². The van der Waals surface area contributed by atoms with Gasteiger partial charge in [-0.1, -0.05) is 47.5 Å². The lowest BCUT2D eigenvalue weighted by molar-refractivity contribution is -0.121. The maximum absolute atomic E-state index is 12.0. The lowest BCUT2D eigenvalue weighted by Crippen LogP contribution is -2.37. The minimum atomic E-state index is -0.0285. The van der Waals surface area contributed by atoms with E-state index in [1.807, 2.05) is 69.3 Å². The molecule has 0 fully saturated rings. The highest BCUT2D eigenvalue weighted by Gasteiger charge is 2.09. The van der Waals surface area contributed by atoms with Gasteiger partial charge in [-0.3, -0.25) is 4.79 Å². The van der Waals surface area contributed by atoms with E-state index in [-0.39, 0.29) is 11.9 Å². The van der Waals surface area contributed by atoms with Gasteiger partial charge in [-0.15, -0.1) is 0 Å². The van der Waals surface area contributed by atoms with Gasteiger partial charge in [0.2, 0.25) is 5.91 Å². The summed E-state index contributed by atoms with van der Waals surface area (Å²) in [6.07, 6.45) is 0.398. The Balaban J connectivity index is 1.76. The molecule has 1 N–H and O–H groups in total. The molecule has 0 aliphatic carbocycles. The van der Waals surface area contributed by atoms with Crippen LogP contribution in [0.15, 0.2) is 48.5 Å². The molecule has 0 heterocycles. The number of rotatable bonds is 6. The molecule has 2 aromatic rings. The Hall–Kier alpha value is -2.29. The van der Waals surface area contributed by atoms with Crippen LogP contribution in [0.5, 0.6) is 5.75 Å². The second-order valence-electron chi connectivity index (χ2n) is 5.75. The van der Waals surface area contributed by atoms with Crippen LogP contribution >= 0.6 is 0 Å². The molecule has 1 atom stereocenters. The average molecular weight is 297 g/mol. The van der Waals surface area contributed by atoms with Gasteiger partial charge < -0.3 is 10.1 Å². The average Bonchev–Trinajstić information content (AvgIpc) is 2.49. The highest BCUT2D eigenvalue weighted by molar-refractivity contribution is 5.78. The first kappa shape index (κ1) is 16.1. The topological polar surface area (TPSA) is 38.3 Å². The van der Waals surface area contributed by atoms with Crippen LogP contribution in [-0.4, -0.2) is 18.6 Å². The molecule has 3 heteroatoms. The lowest BCUT2D eigenvalue weighted by Gasteiger charge is -2.15. The zero-order valence-electron chi connectivity index (χ0n) is 13.4. The number of ether oxygens (including phenoxy) is 1. The van der Waals surface area contributed by atoms with Gasteiger partial charge in [0.15, 0.2) is 0 Å². The van der Waals surface area contributed by atoms with E-state index in [0.29, 0.717) is 13.0 Å². The standard InChI is InChI=1S/C19H23NO2/c1-14-4-8-17(9-5-14)12-19(21)20-16(3)13-22-18-10-6-15(2)7-11-18/h4-11,16H,12-13H2,1-3H3,(H,20,21)/t16-/m1/s1. The van der Waals surface area contributed by atoms with Crippen LogP contribution in [-0.2, 0) is 11.2 Å². The molecule has 0 aliphatic heterocycles. The summed E-state index contributed by atoms with van der Waals surface area (Å²) < 4.78 is 5.67. The van der Waals surface area contributed by atoms with Crippen molar-refractivity contribution < 1.29 is 9.53 Å². The maximum Gasteiger partial charge on any atom is 0.224 e. The highest BCUT2D eigenvalue weighted by Crippen LogP contribution is 2.11. The van der Waals surface area contributed by atoms with Crippen molar-refractivity contribution in [1.82, 2.24) is 5.32 Å². The Labute approximate surface area is 132 Å². The Kier molecular flexibility index (Phi) is 5.59. The van der Waals surface area contributed by atoms with Crippen LogP contribution in [0.25, 0.3) is 0 Å².